The fourth-order valence-corrected chi connectivity index (χ4v) is 4.51. The molecule has 150 valence electrons. The molecule has 10 nitrogen and oxygen atoms in total. The highest BCUT2D eigenvalue weighted by atomic mass is 32.2. The number of benzene rings is 1. The van der Waals surface area contributed by atoms with Crippen LogP contribution in [0.5, 0.6) is 0 Å². The van der Waals surface area contributed by atoms with Crippen molar-refractivity contribution in [3.63, 3.8) is 0 Å². The minimum Gasteiger partial charge on any atom is -0.465 e. The minimum atomic E-state index is -4.44. The van der Waals surface area contributed by atoms with Gasteiger partial charge in [-0.1, -0.05) is 25.0 Å². The van der Waals surface area contributed by atoms with Gasteiger partial charge in [0.25, 0.3) is 10.0 Å². The first-order chi connectivity index (χ1) is 13.3. The van der Waals surface area contributed by atoms with Crippen LogP contribution in [0.25, 0.3) is 0 Å². The summed E-state index contributed by atoms with van der Waals surface area (Å²) in [6.45, 7) is 1.59. The van der Waals surface area contributed by atoms with Gasteiger partial charge in [-0.2, -0.15) is 0 Å². The smallest absolute Gasteiger partial charge is 0.360 e. The number of esters is 1. The van der Waals surface area contributed by atoms with Crippen molar-refractivity contribution in [3.05, 3.63) is 46.1 Å². The summed E-state index contributed by atoms with van der Waals surface area (Å²) in [5.41, 5.74) is -0.927. The topological polar surface area (TPSA) is 129 Å². The van der Waals surface area contributed by atoms with Crippen molar-refractivity contribution in [1.82, 2.24) is 19.1 Å². The minimum absolute atomic E-state index is 0.0503. The molecule has 0 saturated heterocycles. The zero-order valence-electron chi connectivity index (χ0n) is 15.4. The van der Waals surface area contributed by atoms with E-state index in [0.717, 1.165) is 38.9 Å². The van der Waals surface area contributed by atoms with Crippen molar-refractivity contribution >= 4 is 22.0 Å². The van der Waals surface area contributed by atoms with Gasteiger partial charge in [0.15, 0.2) is 0 Å². The number of carbonyl (C=O) groups is 2. The molecule has 1 aliphatic rings. The summed E-state index contributed by atoms with van der Waals surface area (Å²) in [6, 6.07) is 4.01. The number of nitrogens with zero attached hydrogens (tertiary/aromatic N) is 3. The molecule has 1 heterocycles. The highest BCUT2D eigenvalue weighted by Crippen LogP contribution is 2.28. The molecule has 1 fully saturated rings. The van der Waals surface area contributed by atoms with Gasteiger partial charge in [0.1, 0.15) is 10.7 Å². The fraction of sp³-hybridized carbons (Fsp3) is 0.412. The summed E-state index contributed by atoms with van der Waals surface area (Å²) in [5, 5.41) is 3.91. The number of aryl methyl sites for hydroxylation is 1. The second kappa shape index (κ2) is 7.58. The molecular weight excluding hydrogens is 388 g/mol. The lowest BCUT2D eigenvalue weighted by molar-refractivity contribution is 0.0596. The number of methoxy groups -OCH3 is 1. The Morgan fingerprint density at radius 1 is 1.21 bits per heavy atom. The third-order valence-corrected chi connectivity index (χ3v) is 6.04. The molecule has 1 saturated carbocycles. The number of sulfonamides is 1. The van der Waals surface area contributed by atoms with E-state index in [1.807, 2.05) is 0 Å². The number of hydrogen-bond acceptors (Lipinski definition) is 7. The highest BCUT2D eigenvalue weighted by Gasteiger charge is 2.29. The molecule has 0 bridgehead atoms. The predicted octanol–water partition coefficient (Wildman–Crippen LogP) is 1.20. The van der Waals surface area contributed by atoms with E-state index >= 15 is 0 Å². The van der Waals surface area contributed by atoms with Crippen molar-refractivity contribution in [3.8, 4) is 0 Å². The Hall–Kier alpha value is -2.95. The first kappa shape index (κ1) is 19.8. The fourth-order valence-electron chi connectivity index (χ4n) is 3.38. The lowest BCUT2D eigenvalue weighted by Crippen LogP contribution is -2.41. The largest absolute Gasteiger partial charge is 0.465 e. The van der Waals surface area contributed by atoms with Crippen LogP contribution in [0.15, 0.2) is 34.0 Å². The van der Waals surface area contributed by atoms with E-state index in [-0.39, 0.29) is 11.6 Å². The van der Waals surface area contributed by atoms with Gasteiger partial charge >= 0.3 is 17.7 Å². The third-order valence-electron chi connectivity index (χ3n) is 4.67. The van der Waals surface area contributed by atoms with Crippen molar-refractivity contribution in [2.75, 3.05) is 7.11 Å². The average molecular weight is 408 g/mol. The molecule has 28 heavy (non-hydrogen) atoms. The van der Waals surface area contributed by atoms with Crippen LogP contribution in [0.2, 0.25) is 0 Å². The van der Waals surface area contributed by atoms with Crippen LogP contribution in [0, 0.1) is 6.92 Å². The van der Waals surface area contributed by atoms with Crippen molar-refractivity contribution in [1.29, 1.82) is 0 Å². The van der Waals surface area contributed by atoms with Crippen LogP contribution in [0.3, 0.4) is 0 Å². The first-order valence-corrected chi connectivity index (χ1v) is 10.2. The van der Waals surface area contributed by atoms with E-state index in [0.29, 0.717) is 10.5 Å². The second-order valence-electron chi connectivity index (χ2n) is 6.45. The molecule has 1 aliphatic carbocycles. The van der Waals surface area contributed by atoms with Gasteiger partial charge in [0.05, 0.1) is 12.7 Å². The molecule has 3 rings (SSSR count). The van der Waals surface area contributed by atoms with Crippen LogP contribution in [0.1, 0.15) is 47.9 Å². The van der Waals surface area contributed by atoms with E-state index < -0.39 is 32.6 Å². The maximum absolute atomic E-state index is 12.6. The number of rotatable bonds is 4. The summed E-state index contributed by atoms with van der Waals surface area (Å²) in [6.07, 6.45) is 3.57. The lowest BCUT2D eigenvalue weighted by atomic mass is 10.2. The average Bonchev–Trinajstić information content (AvgIpc) is 3.28. The molecule has 0 spiro atoms. The summed E-state index contributed by atoms with van der Waals surface area (Å²) < 4.78 is 33.5. The molecule has 0 aliphatic heterocycles. The van der Waals surface area contributed by atoms with Gasteiger partial charge in [-0.25, -0.2) is 27.5 Å². The Bertz CT molecular complexity index is 1080. The lowest BCUT2D eigenvalue weighted by Gasteiger charge is -2.10. The highest BCUT2D eigenvalue weighted by molar-refractivity contribution is 7.90. The zero-order valence-corrected chi connectivity index (χ0v) is 16.2. The van der Waals surface area contributed by atoms with E-state index in [1.165, 1.54) is 22.8 Å². The molecule has 1 N–H and O–H groups in total. The standard InChI is InChI=1S/C17H20N4O6S/c1-11-18-21(17(24)20(11)12-7-3-4-8-12)16(23)19-28(25,26)14-10-6-5-9-13(14)15(22)27-2/h5-6,9-10,12H,3-4,7-8H2,1-2H3,(H,19,23). The van der Waals surface area contributed by atoms with Gasteiger partial charge in [0, 0.05) is 6.04 Å². The first-order valence-electron chi connectivity index (χ1n) is 8.69. The quantitative estimate of drug-likeness (QED) is 0.753. The monoisotopic (exact) mass is 408 g/mol. The van der Waals surface area contributed by atoms with E-state index in [4.69, 9.17) is 0 Å². The van der Waals surface area contributed by atoms with E-state index in [1.54, 1.807) is 11.6 Å². The van der Waals surface area contributed by atoms with Crippen molar-refractivity contribution < 1.29 is 22.7 Å². The SMILES string of the molecule is COC(=O)c1ccccc1S(=O)(=O)NC(=O)n1nc(C)n(C2CCCC2)c1=O. The molecule has 1 aromatic carbocycles. The van der Waals surface area contributed by atoms with Crippen molar-refractivity contribution in [2.24, 2.45) is 0 Å². The van der Waals surface area contributed by atoms with Crippen LogP contribution in [0.4, 0.5) is 4.79 Å². The Balaban J connectivity index is 1.93. The molecule has 11 heteroatoms. The van der Waals surface area contributed by atoms with Crippen LogP contribution < -0.4 is 10.4 Å². The van der Waals surface area contributed by atoms with Crippen LogP contribution in [-0.4, -0.2) is 41.9 Å². The normalized spacial score (nSPS) is 14.8. The number of aromatic nitrogens is 3. The van der Waals surface area contributed by atoms with Gasteiger partial charge in [-0.15, -0.1) is 9.78 Å². The second-order valence-corrected chi connectivity index (χ2v) is 8.10. The van der Waals surface area contributed by atoms with Gasteiger partial charge in [-0.3, -0.25) is 4.57 Å². The molecule has 1 aromatic heterocycles. The van der Waals surface area contributed by atoms with E-state index in [2.05, 4.69) is 9.84 Å². The van der Waals surface area contributed by atoms with Crippen LogP contribution >= 0.6 is 0 Å². The number of amides is 1. The summed E-state index contributed by atoms with van der Waals surface area (Å²) >= 11 is 0. The number of ether oxygens (including phenoxy) is 1. The molecule has 2 aromatic rings. The number of hydrogen-bond donors (Lipinski definition) is 1. The molecule has 0 unspecified atom stereocenters. The number of carbonyl (C=O) groups excluding carboxylic acids is 2. The van der Waals surface area contributed by atoms with Crippen LogP contribution in [-0.2, 0) is 14.8 Å². The van der Waals surface area contributed by atoms with Gasteiger partial charge in [-0.05, 0) is 31.9 Å². The summed E-state index contributed by atoms with van der Waals surface area (Å²) in [4.78, 5) is 36.4. The predicted molar refractivity (Wildman–Crippen MR) is 97.6 cm³/mol. The third kappa shape index (κ3) is 3.57. The van der Waals surface area contributed by atoms with E-state index in [9.17, 15) is 22.8 Å². The number of nitrogens with one attached hydrogen (secondary N) is 1. The maximum Gasteiger partial charge on any atom is 0.360 e. The van der Waals surface area contributed by atoms with Crippen molar-refractivity contribution in [2.45, 2.75) is 43.5 Å². The molecule has 1 amide bonds. The molecule has 0 radical (unpaired) electrons. The Labute approximate surface area is 161 Å². The Morgan fingerprint density at radius 2 is 1.86 bits per heavy atom. The molecule has 0 atom stereocenters. The summed E-state index contributed by atoms with van der Waals surface area (Å²) in [5.74, 6) is -0.536. The Morgan fingerprint density at radius 3 is 2.50 bits per heavy atom. The Kier molecular flexibility index (Phi) is 5.36. The maximum atomic E-state index is 12.6. The zero-order chi connectivity index (χ0) is 20.5. The van der Waals surface area contributed by atoms with Gasteiger partial charge in [0.2, 0.25) is 0 Å². The molecular formula is C17H20N4O6S. The summed E-state index contributed by atoms with van der Waals surface area (Å²) in [7, 11) is -3.33. The van der Waals surface area contributed by atoms with Gasteiger partial charge < -0.3 is 4.74 Å².